The van der Waals surface area contributed by atoms with Crippen LogP contribution >= 0.6 is 0 Å². The number of rotatable bonds is 10. The number of H-pyrrole nitrogens is 1. The molecule has 3 saturated carbocycles. The summed E-state index contributed by atoms with van der Waals surface area (Å²) in [6.07, 6.45) is 16.0. The van der Waals surface area contributed by atoms with Gasteiger partial charge in [0.1, 0.15) is 23.9 Å². The number of aromatic amines is 1. The minimum atomic E-state index is -0.461. The predicted molar refractivity (Wildman–Crippen MR) is 243 cm³/mol. The monoisotopic (exact) mass is 855 g/mol. The third-order valence-corrected chi connectivity index (χ3v) is 14.9. The lowest BCUT2D eigenvalue weighted by Crippen LogP contribution is -2.51. The molecule has 63 heavy (non-hydrogen) atoms. The topological polar surface area (TPSA) is 178 Å². The van der Waals surface area contributed by atoms with Gasteiger partial charge in [-0.05, 0) is 105 Å². The maximum absolute atomic E-state index is 12.2. The van der Waals surface area contributed by atoms with Crippen molar-refractivity contribution in [2.45, 2.75) is 101 Å². The molecule has 6 fully saturated rings. The summed E-state index contributed by atoms with van der Waals surface area (Å²) >= 11 is 0. The number of anilines is 4. The number of nitriles is 1. The number of likely N-dealkylation sites (N-methyl/N-ethyl adjacent to an activating group) is 1. The summed E-state index contributed by atoms with van der Waals surface area (Å²) in [4.78, 5) is 54.8. The van der Waals surface area contributed by atoms with Gasteiger partial charge < -0.3 is 24.7 Å². The number of hydrogen-bond acceptors (Lipinski definition) is 12. The predicted octanol–water partition coefficient (Wildman–Crippen LogP) is 5.54. The lowest BCUT2D eigenvalue weighted by atomic mass is 9.57. The normalized spacial score (nSPS) is 22.4. The Morgan fingerprint density at radius 2 is 1.65 bits per heavy atom. The minimum absolute atomic E-state index is 0.252. The van der Waals surface area contributed by atoms with Crippen molar-refractivity contribution in [3.05, 3.63) is 54.4 Å². The van der Waals surface area contributed by atoms with E-state index in [4.69, 9.17) is 0 Å². The van der Waals surface area contributed by atoms with Gasteiger partial charge in [0.2, 0.25) is 18.2 Å². The molecule has 1 unspecified atom stereocenters. The molecule has 2 aromatic carbocycles. The van der Waals surface area contributed by atoms with Crippen LogP contribution in [0.5, 0.6) is 0 Å². The van der Waals surface area contributed by atoms with E-state index in [1.807, 2.05) is 23.1 Å². The third kappa shape index (κ3) is 8.97. The van der Waals surface area contributed by atoms with Crippen molar-refractivity contribution in [2.75, 3.05) is 79.5 Å². The van der Waals surface area contributed by atoms with Gasteiger partial charge in [-0.2, -0.15) is 10.4 Å². The van der Waals surface area contributed by atoms with Gasteiger partial charge in [0.05, 0.1) is 40.2 Å². The standard InChI is InChI=1S/C29H35N7.C19H26N4O4/c30-19-29(17-28(18-29)8-9-28)22-6-7-24-23(14-22)27(34-33-24)25-15-26(32-20-31-25)36-12-10-35(11-13-36)16-21-4-2-1-3-5-21;1-21(12-24)17-11-13(23-9-7-14(25)8-10-23)3-4-15(17)22(2)16-5-6-18(26)20-19(16)27/h6-7,14-15,20-21H,1-5,8-13,16-18H2,(H,33,34);3-4,11-12,14,16,25H,5-10H2,1-2H3,(H,20,26,27). The van der Waals surface area contributed by atoms with E-state index in [0.29, 0.717) is 23.9 Å². The highest BCUT2D eigenvalue weighted by Crippen LogP contribution is 2.68. The van der Waals surface area contributed by atoms with E-state index in [1.165, 1.54) is 56.4 Å². The summed E-state index contributed by atoms with van der Waals surface area (Å²) in [7, 11) is 3.47. The van der Waals surface area contributed by atoms with Gasteiger partial charge >= 0.3 is 0 Å². The molecule has 3 N–H and O–H groups in total. The SMILES string of the molecule is CN(C=O)c1cc(N2CCC(O)CC2)ccc1N(C)C1CCC(=O)NC1=O.N#CC1(c2ccc3[nH]nc(-c4cc(N5CCN(CC6CCCCC6)CC5)ncn4)c3c2)CC2(CC2)C1. The first-order valence-electron chi connectivity index (χ1n) is 23.1. The molecule has 5 heterocycles. The average molecular weight is 856 g/mol. The number of aromatic nitrogens is 4. The molecule has 15 nitrogen and oxygen atoms in total. The van der Waals surface area contributed by atoms with Crippen molar-refractivity contribution >= 4 is 52.0 Å². The number of carbonyl (C=O) groups is 3. The van der Waals surface area contributed by atoms with Crippen LogP contribution in [0.4, 0.5) is 22.9 Å². The number of amides is 3. The van der Waals surface area contributed by atoms with Crippen LogP contribution in [0.25, 0.3) is 22.3 Å². The summed E-state index contributed by atoms with van der Waals surface area (Å²) in [6, 6.07) is 16.5. The maximum Gasteiger partial charge on any atom is 0.249 e. The van der Waals surface area contributed by atoms with Crippen molar-refractivity contribution in [1.29, 1.82) is 5.26 Å². The highest BCUT2D eigenvalue weighted by molar-refractivity contribution is 6.02. The molecule has 6 aliphatic rings. The third-order valence-electron chi connectivity index (χ3n) is 14.9. The van der Waals surface area contributed by atoms with Crippen molar-refractivity contribution in [2.24, 2.45) is 11.3 Å². The van der Waals surface area contributed by atoms with Crippen molar-refractivity contribution in [1.82, 2.24) is 30.4 Å². The van der Waals surface area contributed by atoms with Crippen molar-refractivity contribution < 1.29 is 19.5 Å². The fraction of sp³-hybridized carbons (Fsp3) is 0.562. The molecule has 15 heteroatoms. The van der Waals surface area contributed by atoms with Crippen LogP contribution in [0.1, 0.15) is 89.0 Å². The first-order chi connectivity index (χ1) is 30.6. The van der Waals surface area contributed by atoms with Crippen LogP contribution in [0, 0.1) is 22.7 Å². The smallest absolute Gasteiger partial charge is 0.249 e. The molecule has 3 aliphatic heterocycles. The molecular formula is C48H61N11O4. The van der Waals surface area contributed by atoms with Gasteiger partial charge in [-0.1, -0.05) is 25.3 Å². The van der Waals surface area contributed by atoms with Crippen LogP contribution < -0.4 is 24.9 Å². The maximum atomic E-state index is 12.2. The Kier molecular flexibility index (Phi) is 12.1. The average Bonchev–Trinajstić information content (AvgIpc) is 3.98. The van der Waals surface area contributed by atoms with Crippen LogP contribution in [0.2, 0.25) is 0 Å². The highest BCUT2D eigenvalue weighted by Gasteiger charge is 2.62. The Morgan fingerprint density at radius 1 is 0.889 bits per heavy atom. The number of piperidine rings is 2. The molecule has 1 atom stereocenters. The number of aliphatic hydroxyl groups excluding tert-OH is 1. The van der Waals surface area contributed by atoms with E-state index >= 15 is 0 Å². The van der Waals surface area contributed by atoms with E-state index in [9.17, 15) is 24.8 Å². The van der Waals surface area contributed by atoms with Crippen molar-refractivity contribution in [3.63, 3.8) is 0 Å². The molecule has 0 radical (unpaired) electrons. The number of piperazine rings is 1. The van der Waals surface area contributed by atoms with Gasteiger partial charge in [0, 0.05) is 83.5 Å². The number of hydrogen-bond donors (Lipinski definition) is 3. The highest BCUT2D eigenvalue weighted by atomic mass is 16.3. The summed E-state index contributed by atoms with van der Waals surface area (Å²) < 4.78 is 0. The van der Waals surface area contributed by atoms with Crippen molar-refractivity contribution in [3.8, 4) is 17.5 Å². The molecule has 3 aliphatic carbocycles. The second-order valence-electron chi connectivity index (χ2n) is 19.1. The molecule has 332 valence electrons. The molecule has 3 saturated heterocycles. The van der Waals surface area contributed by atoms with E-state index in [2.05, 4.69) is 70.5 Å². The Hall–Kier alpha value is -5.59. The Labute approximate surface area is 369 Å². The zero-order chi connectivity index (χ0) is 43.7. The molecule has 10 rings (SSSR count). The molecule has 4 aromatic rings. The van der Waals surface area contributed by atoms with E-state index in [1.54, 1.807) is 20.4 Å². The fourth-order valence-corrected chi connectivity index (χ4v) is 10.8. The van der Waals surface area contributed by atoms with Gasteiger partial charge in [-0.3, -0.25) is 29.7 Å². The lowest BCUT2D eigenvalue weighted by molar-refractivity contribution is -0.134. The summed E-state index contributed by atoms with van der Waals surface area (Å²) in [6.45, 7) is 6.98. The number of fused-ring (bicyclic) bond motifs is 1. The number of aliphatic hydroxyl groups is 1. The van der Waals surface area contributed by atoms with Crippen LogP contribution in [0.15, 0.2) is 48.8 Å². The Morgan fingerprint density at radius 3 is 2.35 bits per heavy atom. The zero-order valence-electron chi connectivity index (χ0n) is 36.8. The summed E-state index contributed by atoms with van der Waals surface area (Å²) in [5.74, 6) is 1.30. The number of imide groups is 1. The fourth-order valence-electron chi connectivity index (χ4n) is 10.8. The molecule has 1 spiro atoms. The van der Waals surface area contributed by atoms with E-state index in [0.717, 1.165) is 122 Å². The van der Waals surface area contributed by atoms with Crippen LogP contribution in [-0.2, 0) is 19.8 Å². The molecular weight excluding hydrogens is 795 g/mol. The Balaban J connectivity index is 0.000000168. The molecule has 0 bridgehead atoms. The minimum Gasteiger partial charge on any atom is -0.393 e. The largest absolute Gasteiger partial charge is 0.393 e. The number of carbonyl (C=O) groups excluding carboxylic acids is 3. The second kappa shape index (κ2) is 17.9. The first-order valence-corrected chi connectivity index (χ1v) is 23.1. The van der Waals surface area contributed by atoms with Crippen LogP contribution in [0.3, 0.4) is 0 Å². The first kappa shape index (κ1) is 42.7. The number of nitrogens with one attached hydrogen (secondary N) is 2. The lowest BCUT2D eigenvalue weighted by Gasteiger charge is -2.44. The zero-order valence-corrected chi connectivity index (χ0v) is 36.8. The van der Waals surface area contributed by atoms with Gasteiger partial charge in [0.15, 0.2) is 0 Å². The second-order valence-corrected chi connectivity index (χ2v) is 19.1. The Bertz CT molecular complexity index is 2340. The van der Waals surface area contributed by atoms with E-state index < -0.39 is 6.04 Å². The van der Waals surface area contributed by atoms with Gasteiger partial charge in [0.25, 0.3) is 0 Å². The van der Waals surface area contributed by atoms with Gasteiger partial charge in [-0.25, -0.2) is 9.97 Å². The molecule has 3 amide bonds. The van der Waals surface area contributed by atoms with Crippen LogP contribution in [-0.4, -0.2) is 120 Å². The number of nitrogens with zero attached hydrogens (tertiary/aromatic N) is 9. The van der Waals surface area contributed by atoms with E-state index in [-0.39, 0.29) is 23.3 Å². The quantitative estimate of drug-likeness (QED) is 0.134. The van der Waals surface area contributed by atoms with Gasteiger partial charge in [-0.15, -0.1) is 0 Å². The molecule has 2 aromatic heterocycles. The number of benzene rings is 2. The summed E-state index contributed by atoms with van der Waals surface area (Å²) in [5, 5.41) is 31.0. The summed E-state index contributed by atoms with van der Waals surface area (Å²) in [5.41, 5.74) is 6.34.